The first-order valence-electron chi connectivity index (χ1n) is 7.89. The van der Waals surface area contributed by atoms with Gasteiger partial charge in [-0.15, -0.1) is 0 Å². The summed E-state index contributed by atoms with van der Waals surface area (Å²) in [5, 5.41) is 2.29. The molecule has 1 aromatic heterocycles. The summed E-state index contributed by atoms with van der Waals surface area (Å²) >= 11 is 0. The number of hydrogen-bond acceptors (Lipinski definition) is 3. The van der Waals surface area contributed by atoms with E-state index in [2.05, 4.69) is 23.2 Å². The minimum absolute atomic E-state index is 0.314. The molecular formula is C19H20N2O2. The molecule has 3 rings (SSSR count). The molecule has 0 aliphatic heterocycles. The van der Waals surface area contributed by atoms with Crippen LogP contribution in [-0.4, -0.2) is 22.1 Å². The van der Waals surface area contributed by atoms with Gasteiger partial charge in [-0.25, -0.2) is 9.78 Å². The fraction of sp³-hybridized carbons (Fsp3) is 0.263. The topological polar surface area (TPSA) is 44.1 Å². The van der Waals surface area contributed by atoms with Gasteiger partial charge in [-0.05, 0) is 31.5 Å². The van der Waals surface area contributed by atoms with Gasteiger partial charge in [-0.2, -0.15) is 0 Å². The van der Waals surface area contributed by atoms with Crippen LogP contribution in [0.15, 0.2) is 42.5 Å². The lowest BCUT2D eigenvalue weighted by Gasteiger charge is -2.11. The maximum absolute atomic E-state index is 12.3. The number of aryl methyl sites for hydroxylation is 1. The molecule has 0 amide bonds. The summed E-state index contributed by atoms with van der Waals surface area (Å²) < 4.78 is 7.13. The Labute approximate surface area is 135 Å². The number of fused-ring (bicyclic) bond motifs is 1. The third-order valence-corrected chi connectivity index (χ3v) is 3.96. The molecule has 4 heteroatoms. The molecule has 0 bridgehead atoms. The molecule has 2 aromatic carbocycles. The van der Waals surface area contributed by atoms with E-state index in [0.717, 1.165) is 22.2 Å². The van der Waals surface area contributed by atoms with Crippen LogP contribution in [0, 0.1) is 6.92 Å². The van der Waals surface area contributed by atoms with Crippen LogP contribution in [0.1, 0.15) is 30.0 Å². The third kappa shape index (κ3) is 2.61. The smallest absolute Gasteiger partial charge is 0.356 e. The molecule has 3 aromatic rings. The first-order chi connectivity index (χ1) is 11.2. The Bertz CT molecular complexity index is 860. The van der Waals surface area contributed by atoms with Gasteiger partial charge in [-0.1, -0.05) is 42.5 Å². The summed E-state index contributed by atoms with van der Waals surface area (Å²) in [5.41, 5.74) is 2.27. The minimum Gasteiger partial charge on any atom is -0.461 e. The highest BCUT2D eigenvalue weighted by Crippen LogP contribution is 2.29. The van der Waals surface area contributed by atoms with Crippen molar-refractivity contribution in [1.29, 1.82) is 0 Å². The van der Waals surface area contributed by atoms with Gasteiger partial charge in [0, 0.05) is 12.1 Å². The first-order valence-corrected chi connectivity index (χ1v) is 7.89. The molecule has 0 N–H and O–H groups in total. The standard InChI is InChI=1S/C19H20N2O2/c1-4-21-17(19(22)23-5-2)13(3)20-18(21)16-12-8-10-14-9-6-7-11-15(14)16/h6-12H,4-5H2,1-3H3. The Morgan fingerprint density at radius 1 is 1.13 bits per heavy atom. The second-order valence-corrected chi connectivity index (χ2v) is 5.36. The van der Waals surface area contributed by atoms with Gasteiger partial charge in [0.2, 0.25) is 0 Å². The number of rotatable bonds is 4. The van der Waals surface area contributed by atoms with Crippen LogP contribution in [0.3, 0.4) is 0 Å². The zero-order chi connectivity index (χ0) is 16.4. The van der Waals surface area contributed by atoms with Crippen molar-refractivity contribution in [2.75, 3.05) is 6.61 Å². The lowest BCUT2D eigenvalue weighted by Crippen LogP contribution is -2.13. The Balaban J connectivity index is 2.24. The van der Waals surface area contributed by atoms with Gasteiger partial charge in [0.1, 0.15) is 5.82 Å². The number of benzene rings is 2. The normalized spacial score (nSPS) is 10.9. The van der Waals surface area contributed by atoms with Crippen molar-refractivity contribution in [2.45, 2.75) is 27.3 Å². The van der Waals surface area contributed by atoms with E-state index in [-0.39, 0.29) is 5.97 Å². The van der Waals surface area contributed by atoms with Gasteiger partial charge < -0.3 is 9.30 Å². The van der Waals surface area contributed by atoms with Gasteiger partial charge in [0.15, 0.2) is 5.69 Å². The number of nitrogens with zero attached hydrogens (tertiary/aromatic N) is 2. The molecule has 1 heterocycles. The molecule has 23 heavy (non-hydrogen) atoms. The number of ether oxygens (including phenoxy) is 1. The highest BCUT2D eigenvalue weighted by molar-refractivity contribution is 5.96. The number of carbonyl (C=O) groups is 1. The molecule has 0 radical (unpaired) electrons. The molecule has 0 aliphatic rings. The van der Waals surface area contributed by atoms with E-state index in [4.69, 9.17) is 4.74 Å². The van der Waals surface area contributed by atoms with Gasteiger partial charge in [0.05, 0.1) is 12.3 Å². The van der Waals surface area contributed by atoms with E-state index >= 15 is 0 Å². The Hall–Kier alpha value is -2.62. The number of hydrogen-bond donors (Lipinski definition) is 0. The van der Waals surface area contributed by atoms with Crippen molar-refractivity contribution in [2.24, 2.45) is 0 Å². The fourth-order valence-electron chi connectivity index (χ4n) is 2.96. The van der Waals surface area contributed by atoms with Crippen LogP contribution in [0.2, 0.25) is 0 Å². The average molecular weight is 308 g/mol. The van der Waals surface area contributed by atoms with Crippen LogP contribution in [0.5, 0.6) is 0 Å². The van der Waals surface area contributed by atoms with Crippen LogP contribution in [-0.2, 0) is 11.3 Å². The van der Waals surface area contributed by atoms with E-state index < -0.39 is 0 Å². The van der Waals surface area contributed by atoms with Crippen LogP contribution in [0.4, 0.5) is 0 Å². The van der Waals surface area contributed by atoms with E-state index in [0.29, 0.717) is 24.5 Å². The van der Waals surface area contributed by atoms with Crippen molar-refractivity contribution in [3.05, 3.63) is 53.9 Å². The second-order valence-electron chi connectivity index (χ2n) is 5.36. The molecule has 0 spiro atoms. The number of carbonyl (C=O) groups excluding carboxylic acids is 1. The highest BCUT2D eigenvalue weighted by atomic mass is 16.5. The molecule has 118 valence electrons. The molecule has 0 unspecified atom stereocenters. The molecule has 0 fully saturated rings. The molecule has 4 nitrogen and oxygen atoms in total. The van der Waals surface area contributed by atoms with E-state index in [1.54, 1.807) is 0 Å². The second kappa shape index (κ2) is 6.24. The lowest BCUT2D eigenvalue weighted by atomic mass is 10.0. The van der Waals surface area contributed by atoms with E-state index in [9.17, 15) is 4.79 Å². The van der Waals surface area contributed by atoms with Gasteiger partial charge in [0.25, 0.3) is 0 Å². The van der Waals surface area contributed by atoms with Crippen molar-refractivity contribution in [3.8, 4) is 11.4 Å². The maximum atomic E-state index is 12.3. The van der Waals surface area contributed by atoms with Crippen molar-refractivity contribution in [3.63, 3.8) is 0 Å². The Kier molecular flexibility index (Phi) is 4.15. The summed E-state index contributed by atoms with van der Waals surface area (Å²) in [5.74, 6) is 0.496. The molecule has 0 saturated heterocycles. The quantitative estimate of drug-likeness (QED) is 0.678. The average Bonchev–Trinajstić information content (AvgIpc) is 2.90. The summed E-state index contributed by atoms with van der Waals surface area (Å²) in [6.07, 6.45) is 0. The van der Waals surface area contributed by atoms with Gasteiger partial charge >= 0.3 is 5.97 Å². The lowest BCUT2D eigenvalue weighted by molar-refractivity contribution is 0.0513. The summed E-state index contributed by atoms with van der Waals surface area (Å²) in [6.45, 7) is 6.70. The van der Waals surface area contributed by atoms with E-state index in [1.807, 2.05) is 49.6 Å². The first kappa shape index (κ1) is 15.3. The minimum atomic E-state index is -0.314. The predicted molar refractivity (Wildman–Crippen MR) is 91.5 cm³/mol. The predicted octanol–water partition coefficient (Wildman–Crippen LogP) is 4.21. The van der Waals surface area contributed by atoms with Crippen LogP contribution >= 0.6 is 0 Å². The zero-order valence-electron chi connectivity index (χ0n) is 13.7. The maximum Gasteiger partial charge on any atom is 0.356 e. The Morgan fingerprint density at radius 2 is 1.87 bits per heavy atom. The molecule has 0 aliphatic carbocycles. The summed E-state index contributed by atoms with van der Waals surface area (Å²) in [4.78, 5) is 16.9. The molecular weight excluding hydrogens is 288 g/mol. The van der Waals surface area contributed by atoms with E-state index in [1.165, 1.54) is 0 Å². The Morgan fingerprint density at radius 3 is 2.61 bits per heavy atom. The van der Waals surface area contributed by atoms with Crippen LogP contribution in [0.25, 0.3) is 22.2 Å². The van der Waals surface area contributed by atoms with Gasteiger partial charge in [-0.3, -0.25) is 0 Å². The number of imidazole rings is 1. The van der Waals surface area contributed by atoms with Crippen molar-refractivity contribution >= 4 is 16.7 Å². The third-order valence-electron chi connectivity index (χ3n) is 3.96. The fourth-order valence-corrected chi connectivity index (χ4v) is 2.96. The highest BCUT2D eigenvalue weighted by Gasteiger charge is 2.22. The monoisotopic (exact) mass is 308 g/mol. The number of aromatic nitrogens is 2. The summed E-state index contributed by atoms with van der Waals surface area (Å²) in [7, 11) is 0. The van der Waals surface area contributed by atoms with Crippen molar-refractivity contribution < 1.29 is 9.53 Å². The largest absolute Gasteiger partial charge is 0.461 e. The molecule has 0 saturated carbocycles. The SMILES string of the molecule is CCOC(=O)c1c(C)nc(-c2cccc3ccccc23)n1CC. The zero-order valence-corrected chi connectivity index (χ0v) is 13.7. The molecule has 0 atom stereocenters. The van der Waals surface area contributed by atoms with Crippen LogP contribution < -0.4 is 0 Å². The summed E-state index contributed by atoms with van der Waals surface area (Å²) in [6, 6.07) is 14.3. The number of esters is 1. The van der Waals surface area contributed by atoms with Crippen molar-refractivity contribution in [1.82, 2.24) is 9.55 Å².